The SMILES string of the molecule is Cc1c(Cl)cccc1N(CC(=O)N(Cc1c(Cl)cccc1Cl)[C@@H](C)C(=O)NCC(C)C)S(=O)(=O)c1ccccc1. The molecule has 0 aliphatic rings. The summed E-state index contributed by atoms with van der Waals surface area (Å²) in [6, 6.07) is 16.6. The molecule has 0 aromatic heterocycles. The van der Waals surface area contributed by atoms with Crippen molar-refractivity contribution in [3.05, 3.63) is 92.9 Å². The number of hydrogen-bond acceptors (Lipinski definition) is 4. The van der Waals surface area contributed by atoms with E-state index in [2.05, 4.69) is 5.32 Å². The Morgan fingerprint density at radius 1 is 0.850 bits per heavy atom. The Hall–Kier alpha value is -2.78. The van der Waals surface area contributed by atoms with Gasteiger partial charge in [-0.15, -0.1) is 0 Å². The first-order valence-electron chi connectivity index (χ1n) is 12.7. The maximum absolute atomic E-state index is 14.0. The van der Waals surface area contributed by atoms with Gasteiger partial charge < -0.3 is 10.2 Å². The highest BCUT2D eigenvalue weighted by molar-refractivity contribution is 7.92. The van der Waals surface area contributed by atoms with Crippen LogP contribution in [0.15, 0.2) is 71.6 Å². The predicted octanol–water partition coefficient (Wildman–Crippen LogP) is 6.34. The van der Waals surface area contributed by atoms with Crippen molar-refractivity contribution >= 4 is 62.3 Å². The Morgan fingerprint density at radius 3 is 2.02 bits per heavy atom. The lowest BCUT2D eigenvalue weighted by molar-refractivity contribution is -0.139. The van der Waals surface area contributed by atoms with Gasteiger partial charge in [0.2, 0.25) is 11.8 Å². The molecule has 3 rings (SSSR count). The van der Waals surface area contributed by atoms with Crippen molar-refractivity contribution in [1.82, 2.24) is 10.2 Å². The molecule has 3 aromatic rings. The highest BCUT2D eigenvalue weighted by atomic mass is 35.5. The fourth-order valence-electron chi connectivity index (χ4n) is 3.99. The molecule has 214 valence electrons. The number of rotatable bonds is 11. The van der Waals surface area contributed by atoms with E-state index in [1.165, 1.54) is 17.0 Å². The van der Waals surface area contributed by atoms with Crippen molar-refractivity contribution in [2.75, 3.05) is 17.4 Å². The first-order valence-corrected chi connectivity index (χ1v) is 15.2. The van der Waals surface area contributed by atoms with Crippen molar-refractivity contribution in [2.24, 2.45) is 5.92 Å². The van der Waals surface area contributed by atoms with E-state index in [1.54, 1.807) is 68.4 Å². The van der Waals surface area contributed by atoms with Crippen LogP contribution in [0.25, 0.3) is 0 Å². The molecule has 11 heteroatoms. The van der Waals surface area contributed by atoms with Gasteiger partial charge in [-0.25, -0.2) is 8.42 Å². The molecule has 0 aliphatic carbocycles. The maximum Gasteiger partial charge on any atom is 0.264 e. The third-order valence-electron chi connectivity index (χ3n) is 6.36. The zero-order valence-electron chi connectivity index (χ0n) is 22.7. The van der Waals surface area contributed by atoms with E-state index in [1.807, 2.05) is 13.8 Å². The summed E-state index contributed by atoms with van der Waals surface area (Å²) in [6.07, 6.45) is 0. The largest absolute Gasteiger partial charge is 0.354 e. The first kappa shape index (κ1) is 31.7. The molecule has 7 nitrogen and oxygen atoms in total. The number of hydrogen-bond donors (Lipinski definition) is 1. The number of benzene rings is 3. The minimum Gasteiger partial charge on any atom is -0.354 e. The zero-order valence-corrected chi connectivity index (χ0v) is 25.8. The van der Waals surface area contributed by atoms with E-state index in [9.17, 15) is 18.0 Å². The van der Waals surface area contributed by atoms with Crippen LogP contribution in [0.5, 0.6) is 0 Å². The number of sulfonamides is 1. The Labute approximate surface area is 251 Å². The second-order valence-corrected chi connectivity index (χ2v) is 12.8. The molecule has 0 bridgehead atoms. The molecule has 3 aromatic carbocycles. The molecule has 0 spiro atoms. The fourth-order valence-corrected chi connectivity index (χ4v) is 6.17. The van der Waals surface area contributed by atoms with Crippen LogP contribution in [0.3, 0.4) is 0 Å². The predicted molar refractivity (Wildman–Crippen MR) is 161 cm³/mol. The molecule has 40 heavy (non-hydrogen) atoms. The lowest BCUT2D eigenvalue weighted by Crippen LogP contribution is -2.51. The fraction of sp³-hybridized carbons (Fsp3) is 0.310. The summed E-state index contributed by atoms with van der Waals surface area (Å²) in [5.41, 5.74) is 1.18. The quantitative estimate of drug-likeness (QED) is 0.270. The van der Waals surface area contributed by atoms with Crippen LogP contribution < -0.4 is 9.62 Å². The number of carbonyl (C=O) groups is 2. The van der Waals surface area contributed by atoms with Crippen LogP contribution >= 0.6 is 34.8 Å². The van der Waals surface area contributed by atoms with E-state index in [4.69, 9.17) is 34.8 Å². The molecular formula is C29H32Cl3N3O4S. The van der Waals surface area contributed by atoms with Gasteiger partial charge in [0.05, 0.1) is 10.6 Å². The average Bonchev–Trinajstić information content (AvgIpc) is 2.92. The molecule has 0 saturated carbocycles. The van der Waals surface area contributed by atoms with Crippen molar-refractivity contribution in [3.8, 4) is 0 Å². The van der Waals surface area contributed by atoms with Gasteiger partial charge in [-0.2, -0.15) is 0 Å². The van der Waals surface area contributed by atoms with Gasteiger partial charge >= 0.3 is 0 Å². The Kier molecular flexibility index (Phi) is 10.9. The smallest absolute Gasteiger partial charge is 0.264 e. The molecular weight excluding hydrogens is 593 g/mol. The summed E-state index contributed by atoms with van der Waals surface area (Å²) in [6.45, 7) is 6.88. The van der Waals surface area contributed by atoms with Gasteiger partial charge in [-0.1, -0.05) is 79.0 Å². The van der Waals surface area contributed by atoms with Crippen molar-refractivity contribution in [1.29, 1.82) is 0 Å². The van der Waals surface area contributed by atoms with Gasteiger partial charge in [0.25, 0.3) is 10.0 Å². The third-order valence-corrected chi connectivity index (χ3v) is 9.25. The van der Waals surface area contributed by atoms with Crippen LogP contribution in [-0.4, -0.2) is 44.3 Å². The minimum absolute atomic E-state index is 0.00518. The Balaban J connectivity index is 2.08. The molecule has 0 fully saturated rings. The van der Waals surface area contributed by atoms with Gasteiger partial charge in [0, 0.05) is 33.7 Å². The monoisotopic (exact) mass is 623 g/mol. The molecule has 1 atom stereocenters. The average molecular weight is 625 g/mol. The molecule has 0 aliphatic heterocycles. The molecule has 0 heterocycles. The number of halogens is 3. The Morgan fingerprint density at radius 2 is 1.43 bits per heavy atom. The van der Waals surface area contributed by atoms with Crippen LogP contribution in [0.2, 0.25) is 15.1 Å². The van der Waals surface area contributed by atoms with E-state index in [0.717, 1.165) is 4.31 Å². The summed E-state index contributed by atoms with van der Waals surface area (Å²) in [5.74, 6) is -0.820. The maximum atomic E-state index is 14.0. The molecule has 2 amide bonds. The lowest BCUT2D eigenvalue weighted by atomic mass is 10.1. The lowest BCUT2D eigenvalue weighted by Gasteiger charge is -2.33. The summed E-state index contributed by atoms with van der Waals surface area (Å²) >= 11 is 19.2. The zero-order chi connectivity index (χ0) is 29.6. The van der Waals surface area contributed by atoms with E-state index in [-0.39, 0.29) is 29.0 Å². The van der Waals surface area contributed by atoms with Crippen LogP contribution in [-0.2, 0) is 26.2 Å². The third kappa shape index (κ3) is 7.49. The summed E-state index contributed by atoms with van der Waals surface area (Å²) < 4.78 is 28.8. The van der Waals surface area contributed by atoms with E-state index < -0.39 is 28.5 Å². The molecule has 0 saturated heterocycles. The Bertz CT molecular complexity index is 1450. The summed E-state index contributed by atoms with van der Waals surface area (Å²) in [5, 5.41) is 3.83. The summed E-state index contributed by atoms with van der Waals surface area (Å²) in [7, 11) is -4.20. The number of amides is 2. The van der Waals surface area contributed by atoms with Crippen molar-refractivity contribution in [2.45, 2.75) is 45.2 Å². The molecule has 0 unspecified atom stereocenters. The normalized spacial score (nSPS) is 12.2. The van der Waals surface area contributed by atoms with Gasteiger partial charge in [0.15, 0.2) is 0 Å². The highest BCUT2D eigenvalue weighted by Crippen LogP contribution is 2.32. The summed E-state index contributed by atoms with van der Waals surface area (Å²) in [4.78, 5) is 28.4. The second kappa shape index (κ2) is 13.7. The van der Waals surface area contributed by atoms with Crippen molar-refractivity contribution in [3.63, 3.8) is 0 Å². The highest BCUT2D eigenvalue weighted by Gasteiger charge is 2.33. The number of anilines is 1. The van der Waals surface area contributed by atoms with Gasteiger partial charge in [-0.3, -0.25) is 13.9 Å². The standard InChI is InChI=1S/C29H32Cl3N3O4S/c1-19(2)16-33-29(37)21(4)34(17-23-25(31)13-8-14-26(23)32)28(36)18-35(27-15-9-12-24(30)20(27)3)40(38,39)22-10-6-5-7-11-22/h5-15,19,21H,16-18H2,1-4H3,(H,33,37)/t21-/m0/s1. The first-order chi connectivity index (χ1) is 18.8. The van der Waals surface area contributed by atoms with Gasteiger partial charge in [0.1, 0.15) is 12.6 Å². The number of nitrogens with zero attached hydrogens (tertiary/aromatic N) is 2. The molecule has 0 radical (unpaired) electrons. The van der Waals surface area contributed by atoms with Crippen LogP contribution in [0.1, 0.15) is 31.9 Å². The second-order valence-electron chi connectivity index (χ2n) is 9.75. The molecule has 1 N–H and O–H groups in total. The topological polar surface area (TPSA) is 86.8 Å². The van der Waals surface area contributed by atoms with E-state index >= 15 is 0 Å². The van der Waals surface area contributed by atoms with Gasteiger partial charge in [-0.05, 0) is 61.7 Å². The van der Waals surface area contributed by atoms with Crippen LogP contribution in [0.4, 0.5) is 5.69 Å². The van der Waals surface area contributed by atoms with E-state index in [0.29, 0.717) is 32.7 Å². The van der Waals surface area contributed by atoms with Crippen LogP contribution in [0, 0.1) is 12.8 Å². The number of nitrogens with one attached hydrogen (secondary N) is 1. The van der Waals surface area contributed by atoms with Crippen molar-refractivity contribution < 1.29 is 18.0 Å². The number of carbonyl (C=O) groups excluding carboxylic acids is 2. The minimum atomic E-state index is -4.20.